The van der Waals surface area contributed by atoms with Crippen LogP contribution in [-0.2, 0) is 9.59 Å². The fourth-order valence-electron chi connectivity index (χ4n) is 4.90. The SMILES string of the molecule is Cc1ccc([C@@H]2C(=C(O)c3ccc4c(c3)OCCO4)C(=O)C(=O)N2c2nc3c(C)cc(C)cc3s2)cc1. The summed E-state index contributed by atoms with van der Waals surface area (Å²) in [7, 11) is 0. The number of hydrogen-bond acceptors (Lipinski definition) is 7. The molecule has 1 fully saturated rings. The third kappa shape index (κ3) is 3.84. The van der Waals surface area contributed by atoms with Crippen molar-refractivity contribution in [3.05, 3.63) is 88.0 Å². The van der Waals surface area contributed by atoms with E-state index < -0.39 is 17.7 Å². The quantitative estimate of drug-likeness (QED) is 0.218. The maximum absolute atomic E-state index is 13.5. The van der Waals surface area contributed by atoms with Gasteiger partial charge in [-0.3, -0.25) is 14.5 Å². The van der Waals surface area contributed by atoms with Gasteiger partial charge in [-0.1, -0.05) is 47.2 Å². The lowest BCUT2D eigenvalue weighted by molar-refractivity contribution is -0.132. The van der Waals surface area contributed by atoms with E-state index in [0.29, 0.717) is 41.0 Å². The van der Waals surface area contributed by atoms with Gasteiger partial charge in [-0.05, 0) is 61.7 Å². The Kier molecular flexibility index (Phi) is 5.49. The van der Waals surface area contributed by atoms with E-state index in [0.717, 1.165) is 26.9 Å². The van der Waals surface area contributed by atoms with E-state index in [4.69, 9.17) is 14.5 Å². The van der Waals surface area contributed by atoms with Crippen molar-refractivity contribution in [2.75, 3.05) is 18.1 Å². The maximum atomic E-state index is 13.5. The molecule has 1 amide bonds. The first-order valence-corrected chi connectivity index (χ1v) is 12.8. The molecule has 0 spiro atoms. The van der Waals surface area contributed by atoms with Crippen LogP contribution in [0.3, 0.4) is 0 Å². The molecule has 0 radical (unpaired) electrons. The Morgan fingerprint density at radius 3 is 2.43 bits per heavy atom. The Morgan fingerprint density at radius 1 is 0.946 bits per heavy atom. The number of aryl methyl sites for hydroxylation is 3. The molecule has 0 unspecified atom stereocenters. The molecule has 1 atom stereocenters. The molecule has 6 rings (SSSR count). The number of aliphatic hydroxyl groups excluding tert-OH is 1. The van der Waals surface area contributed by atoms with Gasteiger partial charge in [0.25, 0.3) is 5.78 Å². The Balaban J connectivity index is 1.55. The zero-order valence-electron chi connectivity index (χ0n) is 20.6. The number of fused-ring (bicyclic) bond motifs is 2. The zero-order chi connectivity index (χ0) is 25.8. The van der Waals surface area contributed by atoms with Crippen LogP contribution in [0.4, 0.5) is 5.13 Å². The topological polar surface area (TPSA) is 89.0 Å². The molecule has 37 heavy (non-hydrogen) atoms. The number of ketones is 1. The minimum Gasteiger partial charge on any atom is -0.507 e. The fourth-order valence-corrected chi connectivity index (χ4v) is 6.07. The molecule has 1 saturated heterocycles. The van der Waals surface area contributed by atoms with Crippen molar-refractivity contribution in [2.45, 2.75) is 26.8 Å². The molecule has 7 nitrogen and oxygen atoms in total. The minimum absolute atomic E-state index is 0.0117. The number of anilines is 1. The molecule has 186 valence electrons. The average molecular weight is 513 g/mol. The van der Waals surface area contributed by atoms with Crippen molar-refractivity contribution in [3.8, 4) is 11.5 Å². The third-order valence-electron chi connectivity index (χ3n) is 6.68. The Bertz CT molecular complexity index is 1620. The standard InChI is InChI=1S/C29H24N2O5S/c1-15-4-6-18(7-5-15)25-23(26(32)19-8-9-20-21(14-19)36-11-10-35-20)27(33)28(34)31(25)29-30-24-17(3)12-16(2)13-22(24)37-29/h4-9,12-14,25,32H,10-11H2,1-3H3/t25-/m1/s1. The van der Waals surface area contributed by atoms with Gasteiger partial charge >= 0.3 is 5.91 Å². The van der Waals surface area contributed by atoms with Crippen molar-refractivity contribution in [1.29, 1.82) is 0 Å². The lowest BCUT2D eigenvalue weighted by Crippen LogP contribution is -2.29. The first-order valence-electron chi connectivity index (χ1n) is 12.0. The molecule has 4 aromatic rings. The van der Waals surface area contributed by atoms with Crippen LogP contribution in [0.15, 0.2) is 60.2 Å². The van der Waals surface area contributed by atoms with Crippen LogP contribution in [0.25, 0.3) is 16.0 Å². The molecule has 0 saturated carbocycles. The highest BCUT2D eigenvalue weighted by atomic mass is 32.1. The highest BCUT2D eigenvalue weighted by Crippen LogP contribution is 2.45. The van der Waals surface area contributed by atoms with Gasteiger partial charge in [0.1, 0.15) is 19.0 Å². The van der Waals surface area contributed by atoms with Crippen molar-refractivity contribution >= 4 is 44.1 Å². The summed E-state index contributed by atoms with van der Waals surface area (Å²) >= 11 is 1.36. The molecule has 2 aliphatic rings. The van der Waals surface area contributed by atoms with E-state index in [2.05, 4.69) is 0 Å². The van der Waals surface area contributed by atoms with Crippen LogP contribution < -0.4 is 14.4 Å². The van der Waals surface area contributed by atoms with Gasteiger partial charge in [0, 0.05) is 5.56 Å². The predicted octanol–water partition coefficient (Wildman–Crippen LogP) is 5.62. The predicted molar refractivity (Wildman–Crippen MR) is 142 cm³/mol. The first kappa shape index (κ1) is 23.2. The Hall–Kier alpha value is -4.17. The summed E-state index contributed by atoms with van der Waals surface area (Å²) < 4.78 is 12.2. The molecule has 0 aliphatic carbocycles. The van der Waals surface area contributed by atoms with E-state index in [9.17, 15) is 14.7 Å². The van der Waals surface area contributed by atoms with Gasteiger partial charge < -0.3 is 14.6 Å². The number of aromatic nitrogens is 1. The summed E-state index contributed by atoms with van der Waals surface area (Å²) in [5.41, 5.74) is 5.01. The zero-order valence-corrected chi connectivity index (χ0v) is 21.4. The molecule has 1 aromatic heterocycles. The van der Waals surface area contributed by atoms with Gasteiger partial charge in [-0.25, -0.2) is 4.98 Å². The summed E-state index contributed by atoms with van der Waals surface area (Å²) in [5.74, 6) is -0.702. The summed E-state index contributed by atoms with van der Waals surface area (Å²) in [5, 5.41) is 11.9. The molecule has 1 N–H and O–H groups in total. The second-order valence-corrected chi connectivity index (χ2v) is 10.4. The van der Waals surface area contributed by atoms with Gasteiger partial charge in [0.05, 0.1) is 21.8 Å². The van der Waals surface area contributed by atoms with Crippen LogP contribution in [-0.4, -0.2) is 35.0 Å². The van der Waals surface area contributed by atoms with E-state index in [1.54, 1.807) is 18.2 Å². The Morgan fingerprint density at radius 2 is 1.68 bits per heavy atom. The number of thiazole rings is 1. The van der Waals surface area contributed by atoms with Gasteiger partial charge in [0.2, 0.25) is 0 Å². The number of ether oxygens (including phenoxy) is 2. The van der Waals surface area contributed by atoms with Crippen LogP contribution in [0.5, 0.6) is 11.5 Å². The molecular formula is C29H24N2O5S. The van der Waals surface area contributed by atoms with E-state index >= 15 is 0 Å². The molecule has 3 heterocycles. The number of nitrogens with zero attached hydrogens (tertiary/aromatic N) is 2. The van der Waals surface area contributed by atoms with Gasteiger partial charge in [0.15, 0.2) is 16.6 Å². The number of Topliss-reactive ketones (excluding diaryl/α,β-unsaturated/α-hetero) is 1. The summed E-state index contributed by atoms with van der Waals surface area (Å²) in [4.78, 5) is 33.2. The number of rotatable bonds is 3. The van der Waals surface area contributed by atoms with Crippen molar-refractivity contribution < 1.29 is 24.2 Å². The second-order valence-electron chi connectivity index (χ2n) is 9.36. The van der Waals surface area contributed by atoms with E-state index in [1.807, 2.05) is 57.2 Å². The third-order valence-corrected chi connectivity index (χ3v) is 7.68. The smallest absolute Gasteiger partial charge is 0.301 e. The van der Waals surface area contributed by atoms with Crippen LogP contribution in [0, 0.1) is 20.8 Å². The van der Waals surface area contributed by atoms with Crippen molar-refractivity contribution in [2.24, 2.45) is 0 Å². The molecular weight excluding hydrogens is 488 g/mol. The van der Waals surface area contributed by atoms with Crippen LogP contribution in [0.2, 0.25) is 0 Å². The largest absolute Gasteiger partial charge is 0.507 e. The number of carbonyl (C=O) groups excluding carboxylic acids is 2. The number of hydrogen-bond donors (Lipinski definition) is 1. The van der Waals surface area contributed by atoms with Crippen LogP contribution >= 0.6 is 11.3 Å². The lowest BCUT2D eigenvalue weighted by atomic mass is 9.94. The average Bonchev–Trinajstić information content (AvgIpc) is 3.42. The van der Waals surface area contributed by atoms with Crippen molar-refractivity contribution in [1.82, 2.24) is 4.98 Å². The molecule has 8 heteroatoms. The number of benzene rings is 3. The number of carbonyl (C=O) groups is 2. The highest BCUT2D eigenvalue weighted by molar-refractivity contribution is 7.22. The van der Waals surface area contributed by atoms with Crippen molar-refractivity contribution in [3.63, 3.8) is 0 Å². The van der Waals surface area contributed by atoms with Gasteiger partial charge in [-0.15, -0.1) is 0 Å². The normalized spacial score (nSPS) is 18.6. The minimum atomic E-state index is -0.837. The fraction of sp³-hybridized carbons (Fsp3) is 0.207. The summed E-state index contributed by atoms with van der Waals surface area (Å²) in [6.45, 7) is 6.79. The highest BCUT2D eigenvalue weighted by Gasteiger charge is 2.48. The number of aliphatic hydroxyl groups is 1. The van der Waals surface area contributed by atoms with Gasteiger partial charge in [-0.2, -0.15) is 0 Å². The van der Waals surface area contributed by atoms with E-state index in [-0.39, 0.29) is 11.3 Å². The number of amides is 1. The lowest BCUT2D eigenvalue weighted by Gasteiger charge is -2.23. The van der Waals surface area contributed by atoms with Crippen LogP contribution in [0.1, 0.15) is 33.9 Å². The summed E-state index contributed by atoms with van der Waals surface area (Å²) in [6.07, 6.45) is 0. The summed E-state index contributed by atoms with van der Waals surface area (Å²) in [6, 6.07) is 15.8. The molecule has 2 aliphatic heterocycles. The Labute approximate surface area is 217 Å². The monoisotopic (exact) mass is 512 g/mol. The molecule has 0 bridgehead atoms. The van der Waals surface area contributed by atoms with E-state index in [1.165, 1.54) is 16.2 Å². The second kappa shape index (κ2) is 8.74. The maximum Gasteiger partial charge on any atom is 0.301 e. The molecule has 3 aromatic carbocycles. The first-order chi connectivity index (χ1) is 17.8.